The number of hydrogen-bond donors (Lipinski definition) is 0. The molecule has 0 aliphatic rings. The second kappa shape index (κ2) is 47.4. The first kappa shape index (κ1) is 60.4. The van der Waals surface area contributed by atoms with E-state index in [1.165, 1.54) is 186 Å². The molecular weight excluding hydrogens is 769 g/mol. The van der Waals surface area contributed by atoms with Gasteiger partial charge < -0.3 is 14.2 Å². The van der Waals surface area contributed by atoms with Gasteiger partial charge in [-0.15, -0.1) is 0 Å². The highest BCUT2D eigenvalue weighted by atomic mass is 16.6. The van der Waals surface area contributed by atoms with Crippen molar-refractivity contribution >= 4 is 17.9 Å². The van der Waals surface area contributed by atoms with Crippen molar-refractivity contribution < 1.29 is 28.6 Å². The highest BCUT2D eigenvalue weighted by Gasteiger charge is 2.19. The van der Waals surface area contributed by atoms with Crippen LogP contribution in [0.15, 0.2) is 0 Å². The lowest BCUT2D eigenvalue weighted by Gasteiger charge is -2.18. The van der Waals surface area contributed by atoms with Crippen LogP contribution < -0.4 is 0 Å². The van der Waals surface area contributed by atoms with Crippen LogP contribution in [0.2, 0.25) is 0 Å². The van der Waals surface area contributed by atoms with Crippen molar-refractivity contribution in [2.75, 3.05) is 13.2 Å². The molecule has 0 aliphatic carbocycles. The van der Waals surface area contributed by atoms with Gasteiger partial charge in [0.1, 0.15) is 13.2 Å². The minimum absolute atomic E-state index is 0.0651. The molecule has 0 radical (unpaired) electrons. The van der Waals surface area contributed by atoms with Crippen molar-refractivity contribution in [3.63, 3.8) is 0 Å². The Morgan fingerprint density at radius 2 is 0.565 bits per heavy atom. The molecule has 0 fully saturated rings. The third kappa shape index (κ3) is 47.9. The van der Waals surface area contributed by atoms with Crippen LogP contribution in [-0.4, -0.2) is 37.2 Å². The Hall–Kier alpha value is -1.59. The number of hydrogen-bond acceptors (Lipinski definition) is 6. The van der Waals surface area contributed by atoms with E-state index in [0.717, 1.165) is 75.5 Å². The van der Waals surface area contributed by atoms with Crippen molar-refractivity contribution in [2.45, 2.75) is 311 Å². The van der Waals surface area contributed by atoms with Crippen molar-refractivity contribution in [2.24, 2.45) is 17.8 Å². The molecule has 0 saturated carbocycles. The monoisotopic (exact) mass is 877 g/mol. The van der Waals surface area contributed by atoms with E-state index in [-0.39, 0.29) is 31.1 Å². The Bertz CT molecular complexity index is 962. The van der Waals surface area contributed by atoms with Gasteiger partial charge in [-0.1, -0.05) is 266 Å². The molecule has 0 aromatic carbocycles. The van der Waals surface area contributed by atoms with Gasteiger partial charge in [-0.3, -0.25) is 14.4 Å². The number of esters is 3. The summed E-state index contributed by atoms with van der Waals surface area (Å²) in [7, 11) is 0. The molecule has 0 amide bonds. The van der Waals surface area contributed by atoms with Gasteiger partial charge in [0.15, 0.2) is 6.10 Å². The quantitative estimate of drug-likeness (QED) is 0.0344. The zero-order valence-corrected chi connectivity index (χ0v) is 42.7. The third-order valence-corrected chi connectivity index (χ3v) is 13.0. The molecule has 6 nitrogen and oxygen atoms in total. The predicted molar refractivity (Wildman–Crippen MR) is 266 cm³/mol. The molecule has 1 unspecified atom stereocenters. The van der Waals surface area contributed by atoms with Gasteiger partial charge in [0.05, 0.1) is 0 Å². The lowest BCUT2D eigenvalue weighted by Crippen LogP contribution is -2.30. The molecule has 0 N–H and O–H groups in total. The van der Waals surface area contributed by atoms with Gasteiger partial charge >= 0.3 is 17.9 Å². The lowest BCUT2D eigenvalue weighted by atomic mass is 9.99. The predicted octanol–water partition coefficient (Wildman–Crippen LogP) is 17.9. The minimum atomic E-state index is -0.763. The average molecular weight is 877 g/mol. The van der Waals surface area contributed by atoms with Crippen LogP contribution in [0.1, 0.15) is 305 Å². The first-order valence-electron chi connectivity index (χ1n) is 27.6. The Morgan fingerprint density at radius 3 is 0.839 bits per heavy atom. The van der Waals surface area contributed by atoms with E-state index in [4.69, 9.17) is 14.2 Å². The van der Waals surface area contributed by atoms with E-state index in [1.807, 2.05) is 0 Å². The van der Waals surface area contributed by atoms with Gasteiger partial charge in [-0.05, 0) is 37.0 Å². The van der Waals surface area contributed by atoms with Crippen LogP contribution in [0.5, 0.6) is 0 Å². The average Bonchev–Trinajstić information content (AvgIpc) is 3.24. The molecular formula is C56H108O6. The SMILES string of the molecule is CCC(C)CCCCCCCCCCCCC(=O)OC[C@@H](COC(=O)CCCCCCCCC(C)C)OC(=O)CCCCCCCCCCCCCCCCCCCCC(C)C. The van der Waals surface area contributed by atoms with E-state index in [2.05, 4.69) is 41.5 Å². The Kier molecular flexibility index (Phi) is 46.2. The molecule has 0 heterocycles. The van der Waals surface area contributed by atoms with Gasteiger partial charge in [0.25, 0.3) is 0 Å². The van der Waals surface area contributed by atoms with Crippen LogP contribution >= 0.6 is 0 Å². The number of rotatable bonds is 49. The topological polar surface area (TPSA) is 78.9 Å². The van der Waals surface area contributed by atoms with Crippen molar-refractivity contribution in [3.05, 3.63) is 0 Å². The van der Waals surface area contributed by atoms with E-state index >= 15 is 0 Å². The summed E-state index contributed by atoms with van der Waals surface area (Å²) in [6.07, 6.45) is 48.2. The lowest BCUT2D eigenvalue weighted by molar-refractivity contribution is -0.167. The Balaban J connectivity index is 4.21. The number of ether oxygens (including phenoxy) is 3. The zero-order chi connectivity index (χ0) is 45.6. The van der Waals surface area contributed by atoms with Crippen LogP contribution in [-0.2, 0) is 28.6 Å². The zero-order valence-electron chi connectivity index (χ0n) is 42.7. The summed E-state index contributed by atoms with van der Waals surface area (Å²) in [4.78, 5) is 38.0. The largest absolute Gasteiger partial charge is 0.462 e. The van der Waals surface area contributed by atoms with E-state index < -0.39 is 6.10 Å². The number of carbonyl (C=O) groups excluding carboxylic acids is 3. The fourth-order valence-electron chi connectivity index (χ4n) is 8.44. The third-order valence-electron chi connectivity index (χ3n) is 13.0. The fourth-order valence-corrected chi connectivity index (χ4v) is 8.44. The summed E-state index contributed by atoms with van der Waals surface area (Å²) < 4.78 is 16.8. The minimum Gasteiger partial charge on any atom is -0.462 e. The summed E-state index contributed by atoms with van der Waals surface area (Å²) in [5, 5.41) is 0. The summed E-state index contributed by atoms with van der Waals surface area (Å²) >= 11 is 0. The van der Waals surface area contributed by atoms with Crippen molar-refractivity contribution in [1.82, 2.24) is 0 Å². The Morgan fingerprint density at radius 1 is 0.323 bits per heavy atom. The smallest absolute Gasteiger partial charge is 0.306 e. The highest BCUT2D eigenvalue weighted by molar-refractivity contribution is 5.71. The van der Waals surface area contributed by atoms with Crippen LogP contribution in [0.25, 0.3) is 0 Å². The van der Waals surface area contributed by atoms with Crippen LogP contribution in [0, 0.1) is 17.8 Å². The standard InChI is InChI=1S/C56H108O6/c1-7-52(6)44-38-32-25-21-18-19-22-26-33-39-45-54(57)60-48-53(49-61-55(58)46-40-34-29-28-31-37-43-51(4)5)62-56(59)47-41-35-27-23-17-15-13-11-9-8-10-12-14-16-20-24-30-36-42-50(2)3/h50-53H,7-49H2,1-6H3/t52?,53-/m0/s1. The van der Waals surface area contributed by atoms with Crippen LogP contribution in [0.3, 0.4) is 0 Å². The number of unbranched alkanes of at least 4 members (excludes halogenated alkanes) is 31. The second-order valence-corrected chi connectivity index (χ2v) is 20.4. The van der Waals surface area contributed by atoms with E-state index in [9.17, 15) is 14.4 Å². The maximum absolute atomic E-state index is 12.8. The summed E-state index contributed by atoms with van der Waals surface area (Å²) in [5.74, 6) is 1.64. The molecule has 0 bridgehead atoms. The van der Waals surface area contributed by atoms with E-state index in [1.54, 1.807) is 0 Å². The molecule has 62 heavy (non-hydrogen) atoms. The molecule has 0 aromatic heterocycles. The maximum Gasteiger partial charge on any atom is 0.306 e. The molecule has 0 aliphatic heterocycles. The molecule has 0 rings (SSSR count). The van der Waals surface area contributed by atoms with Gasteiger partial charge in [0, 0.05) is 19.3 Å². The van der Waals surface area contributed by atoms with Crippen molar-refractivity contribution in [3.8, 4) is 0 Å². The second-order valence-electron chi connectivity index (χ2n) is 20.4. The molecule has 368 valence electrons. The molecule has 2 atom stereocenters. The Labute approximate surface area is 387 Å². The summed E-state index contributed by atoms with van der Waals surface area (Å²) in [5.41, 5.74) is 0. The molecule has 0 saturated heterocycles. The normalized spacial score (nSPS) is 12.6. The van der Waals surface area contributed by atoms with Gasteiger partial charge in [-0.25, -0.2) is 0 Å². The van der Waals surface area contributed by atoms with E-state index in [0.29, 0.717) is 19.3 Å². The molecule has 0 aromatic rings. The van der Waals surface area contributed by atoms with Gasteiger partial charge in [-0.2, -0.15) is 0 Å². The molecule has 0 spiro atoms. The first-order chi connectivity index (χ1) is 30.1. The molecule has 6 heteroatoms. The first-order valence-corrected chi connectivity index (χ1v) is 27.6. The summed E-state index contributed by atoms with van der Waals surface area (Å²) in [6, 6.07) is 0. The number of carbonyl (C=O) groups is 3. The highest BCUT2D eigenvalue weighted by Crippen LogP contribution is 2.18. The fraction of sp³-hybridized carbons (Fsp3) is 0.946. The van der Waals surface area contributed by atoms with Crippen LogP contribution in [0.4, 0.5) is 0 Å². The van der Waals surface area contributed by atoms with Crippen molar-refractivity contribution in [1.29, 1.82) is 0 Å². The summed E-state index contributed by atoms with van der Waals surface area (Å²) in [6.45, 7) is 13.7. The van der Waals surface area contributed by atoms with Gasteiger partial charge in [0.2, 0.25) is 0 Å². The maximum atomic E-state index is 12.8.